The van der Waals surface area contributed by atoms with E-state index in [4.69, 9.17) is 39.8 Å². The highest BCUT2D eigenvalue weighted by Gasteiger charge is 2.17. The molecule has 2 aromatic heterocycles. The number of benzene rings is 3. The summed E-state index contributed by atoms with van der Waals surface area (Å²) in [4.78, 5) is 14.1. The summed E-state index contributed by atoms with van der Waals surface area (Å²) in [6.45, 7) is 1.87. The van der Waals surface area contributed by atoms with Crippen LogP contribution in [0.1, 0.15) is 16.1 Å². The van der Waals surface area contributed by atoms with E-state index in [1.54, 1.807) is 42.5 Å². The minimum Gasteiger partial charge on any atom is -0.451 e. The molecule has 0 atom stereocenters. The van der Waals surface area contributed by atoms with E-state index in [0.29, 0.717) is 43.8 Å². The summed E-state index contributed by atoms with van der Waals surface area (Å²) in [6.07, 6.45) is 0. The molecule has 0 aliphatic rings. The van der Waals surface area contributed by atoms with Gasteiger partial charge in [0.1, 0.15) is 22.6 Å². The molecule has 0 bridgehead atoms. The minimum atomic E-state index is -0.530. The Morgan fingerprint density at radius 3 is 2.50 bits per heavy atom. The highest BCUT2D eigenvalue weighted by molar-refractivity contribution is 7.80. The van der Waals surface area contributed by atoms with Crippen LogP contribution in [0, 0.1) is 12.7 Å². The van der Waals surface area contributed by atoms with Gasteiger partial charge in [-0.3, -0.25) is 10.1 Å². The molecular weight excluding hydrogens is 524 g/mol. The molecule has 11 heteroatoms. The number of amides is 1. The average molecular weight is 540 g/mol. The van der Waals surface area contributed by atoms with Gasteiger partial charge in [0.25, 0.3) is 5.91 Å². The lowest BCUT2D eigenvalue weighted by atomic mass is 10.2. The third kappa shape index (κ3) is 4.81. The van der Waals surface area contributed by atoms with Gasteiger partial charge in [0.2, 0.25) is 0 Å². The summed E-state index contributed by atoms with van der Waals surface area (Å²) in [5, 5.41) is 15.3. The van der Waals surface area contributed by atoms with E-state index in [2.05, 4.69) is 20.8 Å². The van der Waals surface area contributed by atoms with Crippen molar-refractivity contribution in [2.75, 3.05) is 5.32 Å². The quantitative estimate of drug-likeness (QED) is 0.251. The number of thiocarbonyl (C=S) groups is 1. The normalized spacial score (nSPS) is 11.0. The van der Waals surface area contributed by atoms with Crippen LogP contribution in [0.5, 0.6) is 0 Å². The van der Waals surface area contributed by atoms with Gasteiger partial charge in [-0.15, -0.1) is 10.2 Å². The number of nitrogens with zero attached hydrogens (tertiary/aromatic N) is 3. The number of aryl methyl sites for hydroxylation is 1. The number of furan rings is 1. The first-order valence-electron chi connectivity index (χ1n) is 10.6. The van der Waals surface area contributed by atoms with Gasteiger partial charge in [-0.05, 0) is 85.4 Å². The van der Waals surface area contributed by atoms with Crippen LogP contribution in [-0.4, -0.2) is 26.0 Å². The van der Waals surface area contributed by atoms with Crippen molar-refractivity contribution in [2.24, 2.45) is 0 Å². The fourth-order valence-corrected chi connectivity index (χ4v) is 4.11. The predicted octanol–water partition coefficient (Wildman–Crippen LogP) is 6.56. The number of fused-ring (bicyclic) bond motifs is 1. The van der Waals surface area contributed by atoms with Crippen molar-refractivity contribution in [3.63, 3.8) is 0 Å². The Morgan fingerprint density at radius 2 is 1.75 bits per heavy atom. The number of rotatable bonds is 4. The van der Waals surface area contributed by atoms with Crippen LogP contribution in [0.25, 0.3) is 28.0 Å². The second-order valence-corrected chi connectivity index (χ2v) is 8.99. The molecule has 0 aliphatic carbocycles. The Morgan fingerprint density at radius 1 is 1.03 bits per heavy atom. The molecule has 7 nitrogen and oxygen atoms in total. The number of nitrogens with one attached hydrogen (secondary N) is 2. The Hall–Kier alpha value is -3.79. The molecule has 0 saturated heterocycles. The van der Waals surface area contributed by atoms with Gasteiger partial charge in [-0.1, -0.05) is 29.3 Å². The Balaban J connectivity index is 1.30. The average Bonchev–Trinajstić information content (AvgIpc) is 3.49. The minimum absolute atomic E-state index is 0.0552. The third-order valence-electron chi connectivity index (χ3n) is 5.31. The summed E-state index contributed by atoms with van der Waals surface area (Å²) < 4.78 is 18.9. The number of hydrogen-bond donors (Lipinski definition) is 2. The van der Waals surface area contributed by atoms with E-state index >= 15 is 0 Å². The maximum Gasteiger partial charge on any atom is 0.293 e. The standard InChI is InChI=1S/C25H16Cl2FN5O2S/c1-13-11-19-20(32-33(31-19)15-7-5-14(28)6-8-15)12-18(13)29-25(36)30-24(34)22-10-9-21(35-22)16-3-2-4-17(26)23(16)27/h2-12H,1H3,(H2,29,30,34,36). The lowest BCUT2D eigenvalue weighted by Crippen LogP contribution is -2.34. The van der Waals surface area contributed by atoms with Crippen LogP contribution in [0.15, 0.2) is 71.1 Å². The molecule has 2 heterocycles. The molecule has 5 rings (SSSR count). The lowest BCUT2D eigenvalue weighted by molar-refractivity contribution is 0.0951. The van der Waals surface area contributed by atoms with E-state index in [9.17, 15) is 9.18 Å². The summed E-state index contributed by atoms with van der Waals surface area (Å²) in [6, 6.07) is 17.8. The van der Waals surface area contributed by atoms with Crippen LogP contribution in [0.3, 0.4) is 0 Å². The fourth-order valence-electron chi connectivity index (χ4n) is 3.51. The lowest BCUT2D eigenvalue weighted by Gasteiger charge is -2.11. The maximum atomic E-state index is 13.2. The molecule has 0 radical (unpaired) electrons. The van der Waals surface area contributed by atoms with Crippen LogP contribution < -0.4 is 10.6 Å². The van der Waals surface area contributed by atoms with E-state index in [1.165, 1.54) is 23.0 Å². The highest BCUT2D eigenvalue weighted by atomic mass is 35.5. The van der Waals surface area contributed by atoms with E-state index in [0.717, 1.165) is 5.56 Å². The molecule has 0 unspecified atom stereocenters. The van der Waals surface area contributed by atoms with E-state index in [1.807, 2.05) is 13.0 Å². The second kappa shape index (κ2) is 9.69. The van der Waals surface area contributed by atoms with Crippen molar-refractivity contribution in [3.05, 3.63) is 93.9 Å². The topological polar surface area (TPSA) is 85.0 Å². The first-order chi connectivity index (χ1) is 17.3. The first kappa shape index (κ1) is 23.9. The molecule has 0 fully saturated rings. The molecule has 1 amide bonds. The van der Waals surface area contributed by atoms with Crippen molar-refractivity contribution >= 4 is 63.2 Å². The van der Waals surface area contributed by atoms with Gasteiger partial charge in [-0.2, -0.15) is 4.80 Å². The second-order valence-electron chi connectivity index (χ2n) is 7.80. The van der Waals surface area contributed by atoms with Gasteiger partial charge >= 0.3 is 0 Å². The summed E-state index contributed by atoms with van der Waals surface area (Å²) in [7, 11) is 0. The molecule has 5 aromatic rings. The van der Waals surface area contributed by atoms with Crippen molar-refractivity contribution in [1.82, 2.24) is 20.3 Å². The summed E-state index contributed by atoms with van der Waals surface area (Å²) in [5.41, 5.74) is 3.92. The zero-order valence-electron chi connectivity index (χ0n) is 18.6. The van der Waals surface area contributed by atoms with E-state index in [-0.39, 0.29) is 16.7 Å². The molecular formula is C25H16Cl2FN5O2S. The van der Waals surface area contributed by atoms with Crippen LogP contribution in [0.2, 0.25) is 10.0 Å². The van der Waals surface area contributed by atoms with E-state index < -0.39 is 5.91 Å². The van der Waals surface area contributed by atoms with Crippen LogP contribution >= 0.6 is 35.4 Å². The monoisotopic (exact) mass is 539 g/mol. The van der Waals surface area contributed by atoms with Gasteiger partial charge in [-0.25, -0.2) is 4.39 Å². The van der Waals surface area contributed by atoms with Crippen molar-refractivity contribution in [1.29, 1.82) is 0 Å². The number of hydrogen-bond acceptors (Lipinski definition) is 5. The molecule has 3 aromatic carbocycles. The Kier molecular flexibility index (Phi) is 6.44. The summed E-state index contributed by atoms with van der Waals surface area (Å²) >= 11 is 17.6. The maximum absolute atomic E-state index is 13.2. The number of anilines is 1. The van der Waals surface area contributed by atoms with Gasteiger partial charge < -0.3 is 9.73 Å². The van der Waals surface area contributed by atoms with Crippen molar-refractivity contribution in [2.45, 2.75) is 6.92 Å². The van der Waals surface area contributed by atoms with Crippen molar-refractivity contribution < 1.29 is 13.6 Å². The Bertz CT molecular complexity index is 1630. The van der Waals surface area contributed by atoms with Gasteiger partial charge in [0, 0.05) is 11.3 Å². The number of halogens is 3. The number of aromatic nitrogens is 3. The fraction of sp³-hybridized carbons (Fsp3) is 0.0400. The highest BCUT2D eigenvalue weighted by Crippen LogP contribution is 2.34. The largest absolute Gasteiger partial charge is 0.451 e. The van der Waals surface area contributed by atoms with Crippen LogP contribution in [0.4, 0.5) is 10.1 Å². The molecule has 180 valence electrons. The summed E-state index contributed by atoms with van der Waals surface area (Å²) in [5.74, 6) is -0.415. The molecule has 0 spiro atoms. The molecule has 0 saturated carbocycles. The van der Waals surface area contributed by atoms with Crippen molar-refractivity contribution in [3.8, 4) is 17.0 Å². The third-order valence-corrected chi connectivity index (χ3v) is 6.33. The number of carbonyl (C=O) groups is 1. The number of carbonyl (C=O) groups excluding carboxylic acids is 1. The van der Waals surface area contributed by atoms with Gasteiger partial charge in [0.15, 0.2) is 10.9 Å². The SMILES string of the molecule is Cc1cc2nn(-c3ccc(F)cc3)nc2cc1NC(=S)NC(=O)c1ccc(-c2cccc(Cl)c2Cl)o1. The zero-order chi connectivity index (χ0) is 25.4. The zero-order valence-corrected chi connectivity index (χ0v) is 20.9. The Labute approximate surface area is 219 Å². The first-order valence-corrected chi connectivity index (χ1v) is 11.7. The predicted molar refractivity (Wildman–Crippen MR) is 141 cm³/mol. The molecule has 36 heavy (non-hydrogen) atoms. The van der Waals surface area contributed by atoms with Gasteiger partial charge in [0.05, 0.1) is 15.7 Å². The smallest absolute Gasteiger partial charge is 0.293 e. The van der Waals surface area contributed by atoms with Crippen LogP contribution in [-0.2, 0) is 0 Å². The molecule has 0 aliphatic heterocycles. The molecule has 2 N–H and O–H groups in total.